The maximum absolute atomic E-state index is 5.73. The van der Waals surface area contributed by atoms with E-state index in [2.05, 4.69) is 9.97 Å². The molecule has 3 aromatic heterocycles. The topological polar surface area (TPSA) is 64.9 Å². The molecule has 0 bridgehead atoms. The lowest BCUT2D eigenvalue weighted by Gasteiger charge is -1.96. The van der Waals surface area contributed by atoms with E-state index in [4.69, 9.17) is 10.2 Å². The molecule has 0 saturated carbocycles. The number of rotatable bonds is 4. The van der Waals surface area contributed by atoms with Gasteiger partial charge in [-0.1, -0.05) is 17.4 Å². The molecule has 0 aliphatic carbocycles. The number of oxazole rings is 1. The highest BCUT2D eigenvalue weighted by Gasteiger charge is 2.14. The van der Waals surface area contributed by atoms with Crippen LogP contribution < -0.4 is 5.73 Å². The summed E-state index contributed by atoms with van der Waals surface area (Å²) in [4.78, 5) is 9.86. The van der Waals surface area contributed by atoms with Crippen molar-refractivity contribution >= 4 is 39.6 Å². The normalized spacial score (nSPS) is 11.1. The number of hydrogen-bond donors (Lipinski definition) is 1. The Morgan fingerprint density at radius 1 is 1.35 bits per heavy atom. The van der Waals surface area contributed by atoms with E-state index in [1.165, 1.54) is 11.3 Å². The van der Waals surface area contributed by atoms with Crippen molar-refractivity contribution in [2.24, 2.45) is 0 Å². The summed E-state index contributed by atoms with van der Waals surface area (Å²) in [6.45, 7) is 3.93. The molecule has 0 amide bonds. The first-order chi connectivity index (χ1) is 9.63. The summed E-state index contributed by atoms with van der Waals surface area (Å²) in [5, 5.41) is 2.63. The predicted molar refractivity (Wildman–Crippen MR) is 85.4 cm³/mol. The van der Waals surface area contributed by atoms with Crippen LogP contribution in [-0.2, 0) is 5.75 Å². The van der Waals surface area contributed by atoms with Crippen molar-refractivity contribution in [2.75, 3.05) is 5.73 Å². The first kappa shape index (κ1) is 13.7. The van der Waals surface area contributed by atoms with Crippen LogP contribution in [0.5, 0.6) is 0 Å². The highest BCUT2D eigenvalue weighted by molar-refractivity contribution is 8.00. The van der Waals surface area contributed by atoms with Crippen molar-refractivity contribution in [3.05, 3.63) is 34.7 Å². The molecular formula is C13H13N3OS3. The minimum atomic E-state index is 0.612. The second-order valence-electron chi connectivity index (χ2n) is 4.21. The fraction of sp³-hybridized carbons (Fsp3) is 0.231. The van der Waals surface area contributed by atoms with Crippen molar-refractivity contribution in [3.63, 3.8) is 0 Å². The van der Waals surface area contributed by atoms with Gasteiger partial charge < -0.3 is 10.2 Å². The molecular weight excluding hydrogens is 310 g/mol. The van der Waals surface area contributed by atoms with Crippen LogP contribution in [0.4, 0.5) is 5.13 Å². The van der Waals surface area contributed by atoms with Crippen molar-refractivity contribution < 1.29 is 4.42 Å². The third-order valence-corrected chi connectivity index (χ3v) is 5.95. The Labute approximate surface area is 129 Å². The number of nitrogens with two attached hydrogens (primary N) is 1. The summed E-state index contributed by atoms with van der Waals surface area (Å²) in [6.07, 6.45) is 0. The lowest BCUT2D eigenvalue weighted by molar-refractivity contribution is 0.542. The van der Waals surface area contributed by atoms with Crippen molar-refractivity contribution in [1.29, 1.82) is 0 Å². The molecule has 3 heterocycles. The summed E-state index contributed by atoms with van der Waals surface area (Å²) >= 11 is 4.85. The number of thioether (sulfide) groups is 1. The Hall–Kier alpha value is -1.31. The lowest BCUT2D eigenvalue weighted by Crippen LogP contribution is -1.84. The Balaban J connectivity index is 1.76. The van der Waals surface area contributed by atoms with Crippen molar-refractivity contribution in [1.82, 2.24) is 9.97 Å². The molecule has 0 saturated heterocycles. The zero-order valence-electron chi connectivity index (χ0n) is 11.0. The smallest absolute Gasteiger partial charge is 0.236 e. The number of aromatic nitrogens is 2. The van der Waals surface area contributed by atoms with Gasteiger partial charge in [0.1, 0.15) is 5.76 Å². The lowest BCUT2D eigenvalue weighted by atomic mass is 10.4. The molecule has 104 valence electrons. The summed E-state index contributed by atoms with van der Waals surface area (Å²) in [6, 6.07) is 4.01. The summed E-state index contributed by atoms with van der Waals surface area (Å²) < 4.78 is 6.87. The van der Waals surface area contributed by atoms with Gasteiger partial charge in [-0.3, -0.25) is 0 Å². The molecule has 7 heteroatoms. The fourth-order valence-corrected chi connectivity index (χ4v) is 4.41. The van der Waals surface area contributed by atoms with Crippen molar-refractivity contribution in [3.8, 4) is 10.8 Å². The third kappa shape index (κ3) is 2.74. The van der Waals surface area contributed by atoms with E-state index < -0.39 is 0 Å². The molecule has 3 rings (SSSR count). The zero-order chi connectivity index (χ0) is 14.1. The molecule has 20 heavy (non-hydrogen) atoms. The van der Waals surface area contributed by atoms with Crippen LogP contribution in [0.25, 0.3) is 10.8 Å². The Morgan fingerprint density at radius 2 is 2.20 bits per heavy atom. The van der Waals surface area contributed by atoms with Gasteiger partial charge in [-0.2, -0.15) is 0 Å². The van der Waals surface area contributed by atoms with Gasteiger partial charge in [0.2, 0.25) is 5.89 Å². The molecule has 0 atom stereocenters. The van der Waals surface area contributed by atoms with Crippen LogP contribution in [0.3, 0.4) is 0 Å². The highest BCUT2D eigenvalue weighted by atomic mass is 32.2. The van der Waals surface area contributed by atoms with Gasteiger partial charge in [0, 0.05) is 5.75 Å². The number of nitrogen functional groups attached to an aromatic ring is 1. The van der Waals surface area contributed by atoms with Crippen LogP contribution in [-0.4, -0.2) is 9.97 Å². The third-order valence-electron chi connectivity index (χ3n) is 2.74. The van der Waals surface area contributed by atoms with E-state index in [9.17, 15) is 0 Å². The average Bonchev–Trinajstić information content (AvgIpc) is 3.08. The number of thiazole rings is 1. The standard InChI is InChI=1S/C13H13N3OS3/c1-7-12(20-13(14)15-7)19-6-9-8(2)17-11(16-9)10-4-3-5-18-10/h3-5H,6H2,1-2H3,(H2,14,15). The van der Waals surface area contributed by atoms with Gasteiger partial charge in [0.05, 0.1) is 20.5 Å². The maximum atomic E-state index is 5.73. The Bertz CT molecular complexity index is 715. The Kier molecular flexibility index (Phi) is 3.82. The molecule has 0 aliphatic rings. The first-order valence-electron chi connectivity index (χ1n) is 5.99. The zero-order valence-corrected chi connectivity index (χ0v) is 13.5. The fourth-order valence-electron chi connectivity index (χ4n) is 1.74. The van der Waals surface area contributed by atoms with Crippen LogP contribution in [0.15, 0.2) is 26.1 Å². The Morgan fingerprint density at radius 3 is 2.85 bits per heavy atom. The molecule has 0 aromatic carbocycles. The van der Waals surface area contributed by atoms with E-state index in [0.717, 1.165) is 32.0 Å². The quantitative estimate of drug-likeness (QED) is 0.723. The number of anilines is 1. The highest BCUT2D eigenvalue weighted by Crippen LogP contribution is 2.34. The van der Waals surface area contributed by atoms with E-state index in [0.29, 0.717) is 11.0 Å². The number of hydrogen-bond acceptors (Lipinski definition) is 7. The first-order valence-corrected chi connectivity index (χ1v) is 8.67. The van der Waals surface area contributed by atoms with Gasteiger partial charge in [-0.05, 0) is 25.3 Å². The number of aryl methyl sites for hydroxylation is 2. The van der Waals surface area contributed by atoms with Crippen LogP contribution in [0, 0.1) is 13.8 Å². The maximum Gasteiger partial charge on any atom is 0.236 e. The molecule has 3 aromatic rings. The van der Waals surface area contributed by atoms with Crippen molar-refractivity contribution in [2.45, 2.75) is 23.8 Å². The number of nitrogens with zero attached hydrogens (tertiary/aromatic N) is 2. The van der Waals surface area contributed by atoms with E-state index in [1.807, 2.05) is 31.4 Å². The monoisotopic (exact) mass is 323 g/mol. The van der Waals surface area contributed by atoms with E-state index in [-0.39, 0.29) is 0 Å². The summed E-state index contributed by atoms with van der Waals surface area (Å²) in [7, 11) is 0. The van der Waals surface area contributed by atoms with Gasteiger partial charge in [0.25, 0.3) is 0 Å². The SMILES string of the molecule is Cc1nc(N)sc1SCc1nc(-c2cccs2)oc1C. The molecule has 0 unspecified atom stereocenters. The molecule has 0 aliphatic heterocycles. The summed E-state index contributed by atoms with van der Waals surface area (Å²) in [5.74, 6) is 2.34. The second-order valence-corrected chi connectivity index (χ2v) is 7.44. The predicted octanol–water partition coefficient (Wildman–Crippen LogP) is 4.35. The van der Waals surface area contributed by atoms with Gasteiger partial charge in [-0.25, -0.2) is 9.97 Å². The molecule has 4 nitrogen and oxygen atoms in total. The van der Waals surface area contributed by atoms with E-state index >= 15 is 0 Å². The van der Waals surface area contributed by atoms with E-state index in [1.54, 1.807) is 23.1 Å². The molecule has 0 radical (unpaired) electrons. The number of thiophene rings is 1. The van der Waals surface area contributed by atoms with Crippen LogP contribution >= 0.6 is 34.4 Å². The van der Waals surface area contributed by atoms with Crippen LogP contribution in [0.2, 0.25) is 0 Å². The average molecular weight is 323 g/mol. The summed E-state index contributed by atoms with van der Waals surface area (Å²) in [5.41, 5.74) is 7.67. The minimum absolute atomic E-state index is 0.612. The van der Waals surface area contributed by atoms with Gasteiger partial charge in [-0.15, -0.1) is 23.1 Å². The van der Waals surface area contributed by atoms with Gasteiger partial charge >= 0.3 is 0 Å². The molecule has 0 fully saturated rings. The second kappa shape index (κ2) is 5.59. The molecule has 2 N–H and O–H groups in total. The molecule has 0 spiro atoms. The van der Waals surface area contributed by atoms with Gasteiger partial charge in [0.15, 0.2) is 5.13 Å². The largest absolute Gasteiger partial charge is 0.440 e. The minimum Gasteiger partial charge on any atom is -0.440 e. The van der Waals surface area contributed by atoms with Crippen LogP contribution in [0.1, 0.15) is 17.1 Å².